The van der Waals surface area contributed by atoms with E-state index in [2.05, 4.69) is 32.2 Å². The summed E-state index contributed by atoms with van der Waals surface area (Å²) < 4.78 is 7.42. The minimum absolute atomic E-state index is 0.00375. The quantitative estimate of drug-likeness (QED) is 0.661. The highest BCUT2D eigenvalue weighted by Gasteiger charge is 2.33. The molecule has 0 aliphatic carbocycles. The summed E-state index contributed by atoms with van der Waals surface area (Å²) >= 11 is 0. The third kappa shape index (κ3) is 3.71. The van der Waals surface area contributed by atoms with E-state index in [1.165, 1.54) is 0 Å². The second-order valence-electron chi connectivity index (χ2n) is 8.07. The molecular formula is C21H26N8O2. The number of ether oxygens (including phenoxy) is 1. The van der Waals surface area contributed by atoms with E-state index >= 15 is 0 Å². The summed E-state index contributed by atoms with van der Waals surface area (Å²) in [7, 11) is 0. The molecule has 0 unspecified atom stereocenters. The van der Waals surface area contributed by atoms with Crippen molar-refractivity contribution in [2.75, 3.05) is 31.6 Å². The number of rotatable bonds is 5. The molecule has 3 aromatic rings. The number of carbonyl (C=O) groups excluding carboxylic acids is 1. The molecule has 5 rings (SSSR count). The Morgan fingerprint density at radius 2 is 2.06 bits per heavy atom. The summed E-state index contributed by atoms with van der Waals surface area (Å²) in [6, 6.07) is 0.127. The molecule has 2 aliphatic heterocycles. The third-order valence-corrected chi connectivity index (χ3v) is 6.01. The molecule has 10 nitrogen and oxygen atoms in total. The lowest BCUT2D eigenvalue weighted by molar-refractivity contribution is -0.134. The van der Waals surface area contributed by atoms with E-state index in [1.807, 2.05) is 16.4 Å². The van der Waals surface area contributed by atoms with Gasteiger partial charge in [0.05, 0.1) is 18.1 Å². The van der Waals surface area contributed by atoms with Gasteiger partial charge in [-0.05, 0) is 26.7 Å². The van der Waals surface area contributed by atoms with E-state index in [0.717, 1.165) is 42.2 Å². The number of fused-ring (bicyclic) bond motifs is 1. The number of hydrogen-bond acceptors (Lipinski definition) is 8. The first-order valence-corrected chi connectivity index (χ1v) is 10.8. The number of amides is 1. The van der Waals surface area contributed by atoms with Crippen LogP contribution in [0.5, 0.6) is 0 Å². The fraction of sp³-hybridized carbons (Fsp3) is 0.524. The summed E-state index contributed by atoms with van der Waals surface area (Å²) in [5.41, 5.74) is 2.33. The Bertz CT molecular complexity index is 1090. The van der Waals surface area contributed by atoms with Crippen LogP contribution in [-0.4, -0.2) is 72.6 Å². The van der Waals surface area contributed by atoms with Crippen LogP contribution >= 0.6 is 0 Å². The normalized spacial score (nSPS) is 21.2. The van der Waals surface area contributed by atoms with Gasteiger partial charge in [0.2, 0.25) is 5.91 Å². The highest BCUT2D eigenvalue weighted by molar-refractivity contribution is 5.86. The maximum Gasteiger partial charge on any atom is 0.228 e. The van der Waals surface area contributed by atoms with Crippen molar-refractivity contribution < 1.29 is 9.53 Å². The second kappa shape index (κ2) is 8.18. The fourth-order valence-electron chi connectivity index (χ4n) is 4.33. The van der Waals surface area contributed by atoms with Crippen molar-refractivity contribution in [3.63, 3.8) is 0 Å². The molecule has 0 radical (unpaired) electrons. The van der Waals surface area contributed by atoms with Gasteiger partial charge in [-0.15, -0.1) is 0 Å². The van der Waals surface area contributed by atoms with E-state index in [9.17, 15) is 4.79 Å². The van der Waals surface area contributed by atoms with Gasteiger partial charge in [-0.3, -0.25) is 4.79 Å². The Hall–Kier alpha value is -3.14. The van der Waals surface area contributed by atoms with Gasteiger partial charge in [-0.2, -0.15) is 0 Å². The molecule has 5 heterocycles. The molecule has 1 N–H and O–H groups in total. The van der Waals surface area contributed by atoms with E-state index in [1.54, 1.807) is 18.7 Å². The minimum atomic E-state index is 0.00375. The number of likely N-dealkylation sites (tertiary alicyclic amines) is 1. The molecule has 0 aromatic carbocycles. The van der Waals surface area contributed by atoms with Crippen molar-refractivity contribution in [3.8, 4) is 11.4 Å². The average molecular weight is 422 g/mol. The number of nitrogens with one attached hydrogen (secondary N) is 1. The largest absolute Gasteiger partial charge is 0.381 e. The standard InChI is InChI=1S/C21H26N8O2/c1-3-29-19(15-8-22-13(2)23-9-15)27-17-18(24-12-25-20(17)29)26-16-4-6-28(10-16)21(30)14-5-7-31-11-14/h8-9,12,14,16H,3-7,10-11H2,1-2H3,(H,24,25,26)/t14-,16-/m0/s1. The summed E-state index contributed by atoms with van der Waals surface area (Å²) in [6.45, 7) is 7.26. The van der Waals surface area contributed by atoms with E-state index < -0.39 is 0 Å². The molecule has 2 atom stereocenters. The molecule has 0 bridgehead atoms. The van der Waals surface area contributed by atoms with Gasteiger partial charge in [0.25, 0.3) is 0 Å². The molecule has 2 aliphatic rings. The van der Waals surface area contributed by atoms with Gasteiger partial charge in [0, 0.05) is 44.7 Å². The number of carbonyl (C=O) groups is 1. The highest BCUT2D eigenvalue weighted by Crippen LogP contribution is 2.28. The molecule has 1 amide bonds. The van der Waals surface area contributed by atoms with Gasteiger partial charge < -0.3 is 19.5 Å². The number of imidazole rings is 1. The molecule has 0 saturated carbocycles. The molecule has 2 saturated heterocycles. The zero-order chi connectivity index (χ0) is 21.4. The topological polar surface area (TPSA) is 111 Å². The maximum atomic E-state index is 12.7. The summed E-state index contributed by atoms with van der Waals surface area (Å²) in [4.78, 5) is 37.0. The predicted molar refractivity (Wildman–Crippen MR) is 114 cm³/mol. The van der Waals surface area contributed by atoms with Gasteiger partial charge in [0.1, 0.15) is 18.0 Å². The zero-order valence-electron chi connectivity index (χ0n) is 17.8. The number of anilines is 1. The van der Waals surface area contributed by atoms with Crippen molar-refractivity contribution in [1.29, 1.82) is 0 Å². The van der Waals surface area contributed by atoms with Gasteiger partial charge >= 0.3 is 0 Å². The molecule has 10 heteroatoms. The van der Waals surface area contributed by atoms with Gasteiger partial charge in [-0.25, -0.2) is 24.9 Å². The minimum Gasteiger partial charge on any atom is -0.381 e. The zero-order valence-corrected chi connectivity index (χ0v) is 17.8. The lowest BCUT2D eigenvalue weighted by Crippen LogP contribution is -2.36. The number of nitrogens with zero attached hydrogens (tertiary/aromatic N) is 7. The molecule has 3 aromatic heterocycles. The Labute approximate surface area is 180 Å². The van der Waals surface area contributed by atoms with Crippen LogP contribution in [-0.2, 0) is 16.1 Å². The number of hydrogen-bond donors (Lipinski definition) is 1. The predicted octanol–water partition coefficient (Wildman–Crippen LogP) is 1.66. The van der Waals surface area contributed by atoms with Crippen LogP contribution < -0.4 is 5.32 Å². The molecule has 2 fully saturated rings. The monoisotopic (exact) mass is 422 g/mol. The summed E-state index contributed by atoms with van der Waals surface area (Å²) in [5.74, 6) is 2.38. The van der Waals surface area contributed by atoms with Crippen LogP contribution in [0.2, 0.25) is 0 Å². The lowest BCUT2D eigenvalue weighted by atomic mass is 10.1. The van der Waals surface area contributed by atoms with E-state index in [0.29, 0.717) is 37.6 Å². The fourth-order valence-corrected chi connectivity index (χ4v) is 4.33. The van der Waals surface area contributed by atoms with Crippen LogP contribution in [0, 0.1) is 12.8 Å². The SMILES string of the molecule is CCn1c(-c2cnc(C)nc2)nc2c(N[C@H]3CCN(C(=O)[C@H]4CCOC4)C3)ncnc21. The summed E-state index contributed by atoms with van der Waals surface area (Å²) in [6.07, 6.45) is 6.81. The smallest absolute Gasteiger partial charge is 0.228 e. The molecule has 0 spiro atoms. The Morgan fingerprint density at radius 3 is 2.81 bits per heavy atom. The van der Waals surface area contributed by atoms with Crippen LogP contribution in [0.4, 0.5) is 5.82 Å². The maximum absolute atomic E-state index is 12.7. The van der Waals surface area contributed by atoms with Gasteiger partial charge in [0.15, 0.2) is 17.0 Å². The first-order chi connectivity index (χ1) is 15.1. The van der Waals surface area contributed by atoms with Crippen LogP contribution in [0.25, 0.3) is 22.6 Å². The number of aryl methyl sites for hydroxylation is 2. The Kier molecular flexibility index (Phi) is 5.23. The lowest BCUT2D eigenvalue weighted by Gasteiger charge is -2.20. The molecule has 31 heavy (non-hydrogen) atoms. The van der Waals surface area contributed by atoms with Crippen molar-refractivity contribution >= 4 is 22.9 Å². The van der Waals surface area contributed by atoms with Crippen LogP contribution in [0.3, 0.4) is 0 Å². The van der Waals surface area contributed by atoms with Crippen molar-refractivity contribution in [3.05, 3.63) is 24.5 Å². The molecular weight excluding hydrogens is 396 g/mol. The van der Waals surface area contributed by atoms with Gasteiger partial charge in [-0.1, -0.05) is 0 Å². The third-order valence-electron chi connectivity index (χ3n) is 6.01. The van der Waals surface area contributed by atoms with Crippen molar-refractivity contribution in [1.82, 2.24) is 34.4 Å². The molecule has 162 valence electrons. The van der Waals surface area contributed by atoms with Crippen LogP contribution in [0.15, 0.2) is 18.7 Å². The first-order valence-electron chi connectivity index (χ1n) is 10.8. The summed E-state index contributed by atoms with van der Waals surface area (Å²) in [5, 5.41) is 3.50. The Morgan fingerprint density at radius 1 is 1.23 bits per heavy atom. The highest BCUT2D eigenvalue weighted by atomic mass is 16.5. The second-order valence-corrected chi connectivity index (χ2v) is 8.07. The Balaban J connectivity index is 1.39. The number of aromatic nitrogens is 6. The van der Waals surface area contributed by atoms with Crippen molar-refractivity contribution in [2.24, 2.45) is 5.92 Å². The average Bonchev–Trinajstić information content (AvgIpc) is 3.54. The first kappa shape index (κ1) is 19.8. The van der Waals surface area contributed by atoms with E-state index in [4.69, 9.17) is 9.72 Å². The van der Waals surface area contributed by atoms with Crippen LogP contribution in [0.1, 0.15) is 25.6 Å². The van der Waals surface area contributed by atoms with E-state index in [-0.39, 0.29) is 17.9 Å². The van der Waals surface area contributed by atoms with Crippen molar-refractivity contribution in [2.45, 2.75) is 39.3 Å².